The number of nitrogens with zero attached hydrogens (tertiary/aromatic N) is 1. The highest BCUT2D eigenvalue weighted by Crippen LogP contribution is 2.26. The third-order valence-electron chi connectivity index (χ3n) is 2.34. The van der Waals surface area contributed by atoms with Gasteiger partial charge in [0.25, 0.3) is 0 Å². The van der Waals surface area contributed by atoms with E-state index in [0.29, 0.717) is 16.2 Å². The van der Waals surface area contributed by atoms with Gasteiger partial charge in [-0.3, -0.25) is 0 Å². The Hall–Kier alpha value is -1.86. The molecule has 0 heterocycles. The van der Waals surface area contributed by atoms with E-state index in [2.05, 4.69) is 6.07 Å². The summed E-state index contributed by atoms with van der Waals surface area (Å²) in [5, 5.41) is 8.76. The number of hydrogen-bond acceptors (Lipinski definition) is 2. The molecule has 0 amide bonds. The molecule has 0 saturated heterocycles. The van der Waals surface area contributed by atoms with Crippen molar-refractivity contribution in [3.63, 3.8) is 0 Å². The average Bonchev–Trinajstić information content (AvgIpc) is 2.38. The van der Waals surface area contributed by atoms with E-state index >= 15 is 0 Å². The highest BCUT2D eigenvalue weighted by molar-refractivity contribution is 7.98. The van der Waals surface area contributed by atoms with Crippen molar-refractivity contribution in [2.24, 2.45) is 0 Å². The molecule has 0 aliphatic heterocycles. The van der Waals surface area contributed by atoms with Gasteiger partial charge < -0.3 is 0 Å². The van der Waals surface area contributed by atoms with Crippen LogP contribution in [0.1, 0.15) is 11.1 Å². The fraction of sp³-hybridized carbons (Fsp3) is 0.0714. The van der Waals surface area contributed by atoms with Crippen LogP contribution in [0, 0.1) is 23.0 Å². The van der Waals surface area contributed by atoms with Gasteiger partial charge in [0.2, 0.25) is 0 Å². The Labute approximate surface area is 108 Å². The first-order chi connectivity index (χ1) is 8.69. The minimum absolute atomic E-state index is 0.402. The van der Waals surface area contributed by atoms with Crippen molar-refractivity contribution in [3.05, 3.63) is 65.2 Å². The third kappa shape index (κ3) is 3.08. The molecule has 0 spiro atoms. The molecule has 1 nitrogen and oxygen atoms in total. The van der Waals surface area contributed by atoms with E-state index in [-0.39, 0.29) is 0 Å². The number of nitriles is 1. The average molecular weight is 261 g/mol. The largest absolute Gasteiger partial charge is 0.207 e. The van der Waals surface area contributed by atoms with Gasteiger partial charge in [-0.25, -0.2) is 8.78 Å². The van der Waals surface area contributed by atoms with Crippen molar-refractivity contribution < 1.29 is 8.78 Å². The lowest BCUT2D eigenvalue weighted by Crippen LogP contribution is -1.86. The lowest BCUT2D eigenvalue weighted by molar-refractivity contribution is 0.565. The second-order valence-corrected chi connectivity index (χ2v) is 4.69. The summed E-state index contributed by atoms with van der Waals surface area (Å²) in [5.41, 5.74) is 1.51. The molecule has 90 valence electrons. The second-order valence-electron chi connectivity index (χ2n) is 3.68. The fourth-order valence-corrected chi connectivity index (χ4v) is 2.35. The van der Waals surface area contributed by atoms with Crippen molar-refractivity contribution in [2.45, 2.75) is 10.6 Å². The summed E-state index contributed by atoms with van der Waals surface area (Å²) in [6.45, 7) is 0. The van der Waals surface area contributed by atoms with Crippen LogP contribution in [-0.2, 0) is 5.75 Å². The van der Waals surface area contributed by atoms with E-state index in [0.717, 1.165) is 11.6 Å². The summed E-state index contributed by atoms with van der Waals surface area (Å²) >= 11 is 1.28. The highest BCUT2D eigenvalue weighted by Gasteiger charge is 2.05. The molecule has 18 heavy (non-hydrogen) atoms. The van der Waals surface area contributed by atoms with E-state index in [9.17, 15) is 8.78 Å². The Morgan fingerprint density at radius 3 is 2.67 bits per heavy atom. The lowest BCUT2D eigenvalue weighted by Gasteiger charge is -2.04. The maximum atomic E-state index is 13.4. The maximum absolute atomic E-state index is 13.4. The smallest absolute Gasteiger partial charge is 0.139 e. The van der Waals surface area contributed by atoms with Crippen LogP contribution in [0.2, 0.25) is 0 Å². The van der Waals surface area contributed by atoms with Crippen molar-refractivity contribution in [3.8, 4) is 6.07 Å². The quantitative estimate of drug-likeness (QED) is 0.776. The summed E-state index contributed by atoms with van der Waals surface area (Å²) in [5.74, 6) is -0.599. The number of benzene rings is 2. The lowest BCUT2D eigenvalue weighted by atomic mass is 10.2. The summed E-state index contributed by atoms with van der Waals surface area (Å²) in [6, 6.07) is 12.7. The zero-order valence-electron chi connectivity index (χ0n) is 9.36. The van der Waals surface area contributed by atoms with Crippen molar-refractivity contribution in [1.29, 1.82) is 5.26 Å². The Bertz CT molecular complexity index is 605. The van der Waals surface area contributed by atoms with E-state index in [4.69, 9.17) is 5.26 Å². The molecule has 0 saturated carbocycles. The summed E-state index contributed by atoms with van der Waals surface area (Å²) in [7, 11) is 0. The molecule has 0 unspecified atom stereocenters. The molecule has 0 atom stereocenters. The van der Waals surface area contributed by atoms with Gasteiger partial charge in [-0.15, -0.1) is 11.8 Å². The van der Waals surface area contributed by atoms with E-state index in [1.54, 1.807) is 18.2 Å². The topological polar surface area (TPSA) is 23.8 Å². The predicted molar refractivity (Wildman–Crippen MR) is 67.1 cm³/mol. The molecule has 0 bridgehead atoms. The van der Waals surface area contributed by atoms with Crippen LogP contribution >= 0.6 is 11.8 Å². The van der Waals surface area contributed by atoms with Gasteiger partial charge in [0.1, 0.15) is 11.6 Å². The first-order valence-corrected chi connectivity index (χ1v) is 6.24. The third-order valence-corrected chi connectivity index (χ3v) is 3.46. The molecule has 2 aromatic rings. The molecule has 4 heteroatoms. The number of hydrogen-bond donors (Lipinski definition) is 0. The van der Waals surface area contributed by atoms with Crippen LogP contribution in [0.3, 0.4) is 0 Å². The molecule has 0 N–H and O–H groups in total. The van der Waals surface area contributed by atoms with Gasteiger partial charge in [-0.1, -0.05) is 12.1 Å². The van der Waals surface area contributed by atoms with E-state index in [1.807, 2.05) is 6.07 Å². The van der Waals surface area contributed by atoms with Crippen LogP contribution in [0.25, 0.3) is 0 Å². The SMILES string of the molecule is N#Cc1cccc(CSc2ccc(F)cc2F)c1. The molecule has 0 aromatic heterocycles. The van der Waals surface area contributed by atoms with Crippen LogP contribution in [-0.4, -0.2) is 0 Å². The number of rotatable bonds is 3. The van der Waals surface area contributed by atoms with Gasteiger partial charge in [-0.05, 0) is 29.8 Å². The zero-order chi connectivity index (χ0) is 13.0. The van der Waals surface area contributed by atoms with Crippen molar-refractivity contribution >= 4 is 11.8 Å². The van der Waals surface area contributed by atoms with E-state index in [1.165, 1.54) is 23.9 Å². The highest BCUT2D eigenvalue weighted by atomic mass is 32.2. The molecule has 0 radical (unpaired) electrons. The van der Waals surface area contributed by atoms with Crippen molar-refractivity contribution in [1.82, 2.24) is 0 Å². The normalized spacial score (nSPS) is 10.1. The van der Waals surface area contributed by atoms with Gasteiger partial charge in [-0.2, -0.15) is 5.26 Å². The van der Waals surface area contributed by atoms with Crippen LogP contribution in [0.15, 0.2) is 47.4 Å². The Balaban J connectivity index is 2.09. The second kappa shape index (κ2) is 5.65. The Kier molecular flexibility index (Phi) is 3.96. The summed E-state index contributed by atoms with van der Waals surface area (Å²) < 4.78 is 26.1. The van der Waals surface area contributed by atoms with Gasteiger partial charge in [0.05, 0.1) is 11.6 Å². The van der Waals surface area contributed by atoms with Gasteiger partial charge in [0.15, 0.2) is 0 Å². The molecule has 0 aliphatic rings. The first-order valence-electron chi connectivity index (χ1n) is 5.26. The van der Waals surface area contributed by atoms with Crippen LogP contribution in [0.4, 0.5) is 8.78 Å². The molecule has 0 fully saturated rings. The van der Waals surface area contributed by atoms with Gasteiger partial charge in [0, 0.05) is 16.7 Å². The standard InChI is InChI=1S/C14H9F2NS/c15-12-4-5-14(13(16)7-12)18-9-11-3-1-2-10(6-11)8-17/h1-7H,9H2. The Morgan fingerprint density at radius 2 is 1.94 bits per heavy atom. The fourth-order valence-electron chi connectivity index (χ4n) is 1.48. The van der Waals surface area contributed by atoms with Crippen LogP contribution in [0.5, 0.6) is 0 Å². The first kappa shape index (κ1) is 12.6. The molecule has 2 aromatic carbocycles. The number of halogens is 2. The molecule has 2 rings (SSSR count). The zero-order valence-corrected chi connectivity index (χ0v) is 10.2. The summed E-state index contributed by atoms with van der Waals surface area (Å²) in [6.07, 6.45) is 0. The number of thioether (sulfide) groups is 1. The predicted octanol–water partition coefficient (Wildman–Crippen LogP) is 4.13. The minimum Gasteiger partial charge on any atom is -0.207 e. The molecular formula is C14H9F2NS. The molecule has 0 aliphatic carbocycles. The molecular weight excluding hydrogens is 252 g/mol. The summed E-state index contributed by atoms with van der Waals surface area (Å²) in [4.78, 5) is 0.402. The monoisotopic (exact) mass is 261 g/mol. The Morgan fingerprint density at radius 1 is 1.11 bits per heavy atom. The van der Waals surface area contributed by atoms with Crippen molar-refractivity contribution in [2.75, 3.05) is 0 Å². The maximum Gasteiger partial charge on any atom is 0.139 e. The minimum atomic E-state index is -0.580. The van der Waals surface area contributed by atoms with Gasteiger partial charge >= 0.3 is 0 Å². The van der Waals surface area contributed by atoms with E-state index < -0.39 is 11.6 Å². The van der Waals surface area contributed by atoms with Crippen LogP contribution < -0.4 is 0 Å².